The zero-order chi connectivity index (χ0) is 14.9. The molecule has 1 aromatic rings. The number of aromatic nitrogens is 1. The third kappa shape index (κ3) is 3.01. The minimum atomic E-state index is -0.251. The third-order valence-corrected chi connectivity index (χ3v) is 3.42. The Bertz CT molecular complexity index is 557. The maximum atomic E-state index is 12.3. The minimum absolute atomic E-state index is 0.00389. The Labute approximate surface area is 118 Å². The van der Waals surface area contributed by atoms with Crippen molar-refractivity contribution in [1.82, 2.24) is 9.47 Å². The van der Waals surface area contributed by atoms with Gasteiger partial charge in [-0.05, 0) is 32.4 Å². The van der Waals surface area contributed by atoms with Crippen LogP contribution in [0, 0.1) is 6.92 Å². The number of pyridine rings is 1. The van der Waals surface area contributed by atoms with E-state index in [1.165, 1.54) is 4.57 Å². The monoisotopic (exact) mass is 279 g/mol. The Kier molecular flexibility index (Phi) is 4.13. The summed E-state index contributed by atoms with van der Waals surface area (Å²) in [5, 5.41) is 2.73. The Morgan fingerprint density at radius 3 is 2.55 bits per heavy atom. The fourth-order valence-corrected chi connectivity index (χ4v) is 2.40. The summed E-state index contributed by atoms with van der Waals surface area (Å²) in [6.45, 7) is 6.73. The number of hydrogen-bond acceptors (Lipinski definition) is 3. The number of anilines is 1. The van der Waals surface area contributed by atoms with Crippen molar-refractivity contribution >= 4 is 11.7 Å². The van der Waals surface area contributed by atoms with E-state index in [1.54, 1.807) is 18.1 Å². The molecule has 0 aliphatic carbocycles. The molecule has 1 aliphatic heterocycles. The van der Waals surface area contributed by atoms with Crippen LogP contribution in [0.3, 0.4) is 0 Å². The van der Waals surface area contributed by atoms with Crippen molar-refractivity contribution in [1.29, 1.82) is 0 Å². The topological polar surface area (TPSA) is 63.6 Å². The molecule has 20 heavy (non-hydrogen) atoms. The van der Waals surface area contributed by atoms with Gasteiger partial charge in [0.1, 0.15) is 5.69 Å². The van der Waals surface area contributed by atoms with Crippen LogP contribution in [-0.2, 0) is 11.8 Å². The molecule has 0 unspecified atom stereocenters. The molecule has 1 aromatic heterocycles. The van der Waals surface area contributed by atoms with Crippen LogP contribution in [0.1, 0.15) is 19.4 Å². The Morgan fingerprint density at radius 2 is 1.95 bits per heavy atom. The van der Waals surface area contributed by atoms with Crippen LogP contribution in [0.4, 0.5) is 10.5 Å². The highest BCUT2D eigenvalue weighted by Gasteiger charge is 2.26. The number of hydrogen-bond donors (Lipinski definition) is 1. The number of amides is 2. The summed E-state index contributed by atoms with van der Waals surface area (Å²) in [5.74, 6) is 0. The molecular formula is C14H21N3O3. The number of nitrogens with one attached hydrogen (secondary N) is 1. The van der Waals surface area contributed by atoms with Gasteiger partial charge in [0.25, 0.3) is 5.56 Å². The van der Waals surface area contributed by atoms with Gasteiger partial charge in [-0.3, -0.25) is 4.79 Å². The molecule has 1 saturated heterocycles. The van der Waals surface area contributed by atoms with Gasteiger partial charge in [-0.1, -0.05) is 0 Å². The predicted octanol–water partition coefficient (Wildman–Crippen LogP) is 1.33. The fraction of sp³-hybridized carbons (Fsp3) is 0.571. The molecule has 2 atom stereocenters. The van der Waals surface area contributed by atoms with Crippen molar-refractivity contribution in [2.24, 2.45) is 7.05 Å². The summed E-state index contributed by atoms with van der Waals surface area (Å²) in [6, 6.07) is 1.56. The van der Waals surface area contributed by atoms with Gasteiger partial charge in [-0.15, -0.1) is 0 Å². The van der Waals surface area contributed by atoms with E-state index in [0.717, 1.165) is 5.56 Å². The molecule has 6 nitrogen and oxygen atoms in total. The summed E-state index contributed by atoms with van der Waals surface area (Å²) in [4.78, 5) is 26.0. The second-order valence-corrected chi connectivity index (χ2v) is 5.38. The number of nitrogens with zero attached hydrogens (tertiary/aromatic N) is 2. The minimum Gasteiger partial charge on any atom is -0.372 e. The fourth-order valence-electron chi connectivity index (χ4n) is 2.40. The smallest absolute Gasteiger partial charge is 0.322 e. The van der Waals surface area contributed by atoms with Crippen molar-refractivity contribution in [3.8, 4) is 0 Å². The average molecular weight is 279 g/mol. The standard InChI is InChI=1S/C14H21N3O3/c1-9-5-6-16(4)13(18)12(9)15-14(19)17-7-10(2)20-11(3)8-17/h5-6,10-11H,7-8H2,1-4H3,(H,15,19)/t10-,11-/m0/s1. The van der Waals surface area contributed by atoms with E-state index in [1.807, 2.05) is 26.8 Å². The maximum Gasteiger partial charge on any atom is 0.322 e. The lowest BCUT2D eigenvalue weighted by Crippen LogP contribution is -2.50. The van der Waals surface area contributed by atoms with E-state index in [9.17, 15) is 9.59 Å². The van der Waals surface area contributed by atoms with Gasteiger partial charge >= 0.3 is 6.03 Å². The summed E-state index contributed by atoms with van der Waals surface area (Å²) >= 11 is 0. The average Bonchev–Trinajstić information content (AvgIpc) is 2.38. The first-order valence-electron chi connectivity index (χ1n) is 6.76. The summed E-state index contributed by atoms with van der Waals surface area (Å²) in [6.07, 6.45) is 1.69. The van der Waals surface area contributed by atoms with Gasteiger partial charge in [0.05, 0.1) is 12.2 Å². The molecule has 2 rings (SSSR count). The second-order valence-electron chi connectivity index (χ2n) is 5.38. The van der Waals surface area contributed by atoms with Crippen LogP contribution >= 0.6 is 0 Å². The third-order valence-electron chi connectivity index (χ3n) is 3.42. The van der Waals surface area contributed by atoms with Crippen molar-refractivity contribution in [3.05, 3.63) is 28.2 Å². The molecule has 6 heteroatoms. The number of ether oxygens (including phenoxy) is 1. The normalized spacial score (nSPS) is 22.7. The number of aryl methyl sites for hydroxylation is 2. The zero-order valence-electron chi connectivity index (χ0n) is 12.3. The maximum absolute atomic E-state index is 12.3. The van der Waals surface area contributed by atoms with Gasteiger partial charge in [0.2, 0.25) is 0 Å². The number of carbonyl (C=O) groups is 1. The van der Waals surface area contributed by atoms with E-state index in [-0.39, 0.29) is 23.8 Å². The van der Waals surface area contributed by atoms with E-state index in [0.29, 0.717) is 18.8 Å². The van der Waals surface area contributed by atoms with Gasteiger partial charge in [0.15, 0.2) is 0 Å². The predicted molar refractivity (Wildman–Crippen MR) is 77.0 cm³/mol. The van der Waals surface area contributed by atoms with E-state index < -0.39 is 0 Å². The zero-order valence-corrected chi connectivity index (χ0v) is 12.3. The summed E-state index contributed by atoms with van der Waals surface area (Å²) < 4.78 is 7.05. The highest BCUT2D eigenvalue weighted by atomic mass is 16.5. The first kappa shape index (κ1) is 14.6. The summed E-state index contributed by atoms with van der Waals surface area (Å²) in [5.41, 5.74) is 0.898. The lowest BCUT2D eigenvalue weighted by atomic mass is 10.2. The van der Waals surface area contributed by atoms with Crippen molar-refractivity contribution in [3.63, 3.8) is 0 Å². The Hall–Kier alpha value is -1.82. The van der Waals surface area contributed by atoms with Gasteiger partial charge < -0.3 is 19.5 Å². The molecule has 1 aliphatic rings. The van der Waals surface area contributed by atoms with Crippen LogP contribution in [0.5, 0.6) is 0 Å². The largest absolute Gasteiger partial charge is 0.372 e. The molecule has 0 spiro atoms. The van der Waals surface area contributed by atoms with Crippen LogP contribution in [0.25, 0.3) is 0 Å². The number of urea groups is 1. The quantitative estimate of drug-likeness (QED) is 0.843. The van der Waals surface area contributed by atoms with Crippen LogP contribution in [-0.4, -0.2) is 40.8 Å². The number of carbonyl (C=O) groups excluding carboxylic acids is 1. The molecule has 1 fully saturated rings. The Balaban J connectivity index is 2.16. The lowest BCUT2D eigenvalue weighted by Gasteiger charge is -2.35. The lowest BCUT2D eigenvalue weighted by molar-refractivity contribution is -0.0530. The number of rotatable bonds is 1. The highest BCUT2D eigenvalue weighted by Crippen LogP contribution is 2.13. The van der Waals surface area contributed by atoms with Crippen LogP contribution in [0.15, 0.2) is 17.1 Å². The van der Waals surface area contributed by atoms with Gasteiger partial charge in [0, 0.05) is 26.3 Å². The molecule has 0 radical (unpaired) electrons. The molecule has 0 aromatic carbocycles. The van der Waals surface area contributed by atoms with E-state index >= 15 is 0 Å². The van der Waals surface area contributed by atoms with Crippen molar-refractivity contribution in [2.45, 2.75) is 33.0 Å². The summed E-state index contributed by atoms with van der Waals surface area (Å²) in [7, 11) is 1.66. The van der Waals surface area contributed by atoms with Gasteiger partial charge in [-0.2, -0.15) is 0 Å². The molecule has 110 valence electrons. The second kappa shape index (κ2) is 5.66. The van der Waals surface area contributed by atoms with Crippen LogP contribution in [0.2, 0.25) is 0 Å². The first-order chi connectivity index (χ1) is 9.38. The highest BCUT2D eigenvalue weighted by molar-refractivity contribution is 5.90. The van der Waals surface area contributed by atoms with Gasteiger partial charge in [-0.25, -0.2) is 4.79 Å². The van der Waals surface area contributed by atoms with Crippen molar-refractivity contribution < 1.29 is 9.53 Å². The van der Waals surface area contributed by atoms with Crippen LogP contribution < -0.4 is 10.9 Å². The molecule has 2 heterocycles. The van der Waals surface area contributed by atoms with E-state index in [4.69, 9.17) is 4.74 Å². The Morgan fingerprint density at radius 1 is 1.35 bits per heavy atom. The molecule has 0 bridgehead atoms. The SMILES string of the molecule is Cc1ccn(C)c(=O)c1NC(=O)N1C[C@H](C)O[C@@H](C)C1. The molecule has 2 amide bonds. The van der Waals surface area contributed by atoms with E-state index in [2.05, 4.69) is 5.32 Å². The molecule has 0 saturated carbocycles. The molecule has 1 N–H and O–H groups in total. The molecular weight excluding hydrogens is 258 g/mol. The number of morpholine rings is 1. The first-order valence-corrected chi connectivity index (χ1v) is 6.76. The van der Waals surface area contributed by atoms with Crippen molar-refractivity contribution in [2.75, 3.05) is 18.4 Å².